The van der Waals surface area contributed by atoms with Crippen LogP contribution in [0, 0.1) is 17.3 Å². The summed E-state index contributed by atoms with van der Waals surface area (Å²) < 4.78 is 0. The monoisotopic (exact) mass is 211 g/mol. The predicted molar refractivity (Wildman–Crippen MR) is 68.0 cm³/mol. The van der Waals surface area contributed by atoms with Crippen molar-refractivity contribution in [3.63, 3.8) is 0 Å². The Balaban J connectivity index is 2.34. The van der Waals surface area contributed by atoms with Gasteiger partial charge in [-0.15, -0.1) is 0 Å². The van der Waals surface area contributed by atoms with Gasteiger partial charge < -0.3 is 5.32 Å². The first kappa shape index (κ1) is 13.0. The third-order valence-electron chi connectivity index (χ3n) is 3.63. The van der Waals surface area contributed by atoms with Crippen molar-refractivity contribution < 1.29 is 0 Å². The lowest BCUT2D eigenvalue weighted by Crippen LogP contribution is -2.29. The Morgan fingerprint density at radius 3 is 2.53 bits per heavy atom. The fourth-order valence-electron chi connectivity index (χ4n) is 3.15. The number of nitrogens with one attached hydrogen (secondary N) is 1. The van der Waals surface area contributed by atoms with Crippen molar-refractivity contribution in [2.75, 3.05) is 6.54 Å². The molecule has 0 bridgehead atoms. The molecule has 0 radical (unpaired) electrons. The first-order chi connectivity index (χ1) is 6.92. The molecular weight excluding hydrogens is 182 g/mol. The van der Waals surface area contributed by atoms with Gasteiger partial charge in [0.05, 0.1) is 0 Å². The van der Waals surface area contributed by atoms with Gasteiger partial charge in [-0.2, -0.15) is 0 Å². The van der Waals surface area contributed by atoms with E-state index in [-0.39, 0.29) is 0 Å². The zero-order chi connectivity index (χ0) is 11.5. The van der Waals surface area contributed by atoms with Crippen LogP contribution in [0.2, 0.25) is 0 Å². The summed E-state index contributed by atoms with van der Waals surface area (Å²) in [5.74, 6) is 1.79. The number of hydrogen-bond donors (Lipinski definition) is 1. The van der Waals surface area contributed by atoms with Crippen molar-refractivity contribution in [1.29, 1.82) is 0 Å². The van der Waals surface area contributed by atoms with E-state index in [2.05, 4.69) is 39.9 Å². The Labute approximate surface area is 96.0 Å². The molecule has 1 N–H and O–H groups in total. The van der Waals surface area contributed by atoms with E-state index < -0.39 is 0 Å². The van der Waals surface area contributed by atoms with Gasteiger partial charge in [-0.1, -0.05) is 41.0 Å². The molecule has 1 heterocycles. The maximum Gasteiger partial charge on any atom is 0.00982 e. The molecule has 0 aliphatic carbocycles. The molecule has 1 saturated heterocycles. The highest BCUT2D eigenvalue weighted by atomic mass is 14.9. The molecular formula is C14H29N. The van der Waals surface area contributed by atoms with Crippen molar-refractivity contribution >= 4 is 0 Å². The molecule has 0 aromatic rings. The molecule has 1 heteroatoms. The average Bonchev–Trinajstić information content (AvgIpc) is 2.48. The first-order valence-corrected chi connectivity index (χ1v) is 6.65. The SMILES string of the molecule is CCC1CCNC1CC(C)CC(C)(C)C. The molecule has 0 aromatic carbocycles. The average molecular weight is 211 g/mol. The summed E-state index contributed by atoms with van der Waals surface area (Å²) in [6.07, 6.45) is 5.46. The van der Waals surface area contributed by atoms with E-state index in [0.717, 1.165) is 17.9 Å². The smallest absolute Gasteiger partial charge is 0.00982 e. The Morgan fingerprint density at radius 2 is 2.00 bits per heavy atom. The van der Waals surface area contributed by atoms with Crippen LogP contribution in [0.3, 0.4) is 0 Å². The zero-order valence-corrected chi connectivity index (χ0v) is 11.3. The largest absolute Gasteiger partial charge is 0.314 e. The van der Waals surface area contributed by atoms with Crippen molar-refractivity contribution in [2.24, 2.45) is 17.3 Å². The van der Waals surface area contributed by atoms with Crippen molar-refractivity contribution in [3.05, 3.63) is 0 Å². The predicted octanol–water partition coefficient (Wildman–Crippen LogP) is 3.84. The van der Waals surface area contributed by atoms with Crippen molar-refractivity contribution in [2.45, 2.75) is 66.3 Å². The third-order valence-corrected chi connectivity index (χ3v) is 3.63. The highest BCUT2D eigenvalue weighted by molar-refractivity contribution is 4.84. The maximum atomic E-state index is 3.67. The van der Waals surface area contributed by atoms with E-state index in [1.165, 1.54) is 32.2 Å². The fraction of sp³-hybridized carbons (Fsp3) is 1.00. The van der Waals surface area contributed by atoms with Gasteiger partial charge in [-0.3, -0.25) is 0 Å². The van der Waals surface area contributed by atoms with Crippen LogP contribution in [-0.2, 0) is 0 Å². The summed E-state index contributed by atoms with van der Waals surface area (Å²) >= 11 is 0. The summed E-state index contributed by atoms with van der Waals surface area (Å²) in [7, 11) is 0. The van der Waals surface area contributed by atoms with Crippen LogP contribution in [0.4, 0.5) is 0 Å². The lowest BCUT2D eigenvalue weighted by atomic mass is 9.81. The van der Waals surface area contributed by atoms with Crippen molar-refractivity contribution in [1.82, 2.24) is 5.32 Å². The van der Waals surface area contributed by atoms with Crippen LogP contribution in [0.5, 0.6) is 0 Å². The molecule has 1 fully saturated rings. The summed E-state index contributed by atoms with van der Waals surface area (Å²) in [6.45, 7) is 13.0. The summed E-state index contributed by atoms with van der Waals surface area (Å²) in [5.41, 5.74) is 0.486. The number of hydrogen-bond acceptors (Lipinski definition) is 1. The van der Waals surface area contributed by atoms with Gasteiger partial charge in [-0.05, 0) is 43.1 Å². The van der Waals surface area contributed by atoms with E-state index in [9.17, 15) is 0 Å². The lowest BCUT2D eigenvalue weighted by molar-refractivity contribution is 0.263. The molecule has 0 spiro atoms. The summed E-state index contributed by atoms with van der Waals surface area (Å²) in [5, 5.41) is 3.67. The van der Waals surface area contributed by atoms with E-state index in [4.69, 9.17) is 0 Å². The Morgan fingerprint density at radius 1 is 1.33 bits per heavy atom. The minimum Gasteiger partial charge on any atom is -0.314 e. The van der Waals surface area contributed by atoms with Gasteiger partial charge in [0.1, 0.15) is 0 Å². The first-order valence-electron chi connectivity index (χ1n) is 6.65. The molecule has 0 amide bonds. The van der Waals surface area contributed by atoms with E-state index in [1.807, 2.05) is 0 Å². The van der Waals surface area contributed by atoms with E-state index in [1.54, 1.807) is 0 Å². The van der Waals surface area contributed by atoms with Crippen LogP contribution in [-0.4, -0.2) is 12.6 Å². The normalized spacial score (nSPS) is 29.4. The van der Waals surface area contributed by atoms with E-state index >= 15 is 0 Å². The summed E-state index contributed by atoms with van der Waals surface area (Å²) in [6, 6.07) is 0.798. The second-order valence-electron chi connectivity index (χ2n) is 6.62. The van der Waals surface area contributed by atoms with Crippen LogP contribution in [0.25, 0.3) is 0 Å². The molecule has 0 saturated carbocycles. The molecule has 15 heavy (non-hydrogen) atoms. The molecule has 3 atom stereocenters. The second kappa shape index (κ2) is 5.34. The van der Waals surface area contributed by atoms with Gasteiger partial charge >= 0.3 is 0 Å². The van der Waals surface area contributed by atoms with Gasteiger partial charge in [0.25, 0.3) is 0 Å². The minimum absolute atomic E-state index is 0.486. The minimum atomic E-state index is 0.486. The van der Waals surface area contributed by atoms with Crippen LogP contribution in [0.15, 0.2) is 0 Å². The van der Waals surface area contributed by atoms with Gasteiger partial charge in [0, 0.05) is 6.04 Å². The standard InChI is InChI=1S/C14H29N/c1-6-12-7-8-15-13(12)9-11(2)10-14(3,4)5/h11-13,15H,6-10H2,1-5H3. The molecule has 1 nitrogen and oxygen atoms in total. The zero-order valence-electron chi connectivity index (χ0n) is 11.3. The highest BCUT2D eigenvalue weighted by Gasteiger charge is 2.27. The molecule has 3 unspecified atom stereocenters. The van der Waals surface area contributed by atoms with Crippen LogP contribution < -0.4 is 5.32 Å². The molecule has 1 aliphatic rings. The Bertz CT molecular complexity index is 180. The Hall–Kier alpha value is -0.0400. The molecule has 90 valence electrons. The number of rotatable bonds is 4. The van der Waals surface area contributed by atoms with Gasteiger partial charge in [0.2, 0.25) is 0 Å². The lowest BCUT2D eigenvalue weighted by Gasteiger charge is -2.27. The molecule has 1 aliphatic heterocycles. The second-order valence-corrected chi connectivity index (χ2v) is 6.62. The Kier molecular flexibility index (Phi) is 4.64. The summed E-state index contributed by atoms with van der Waals surface area (Å²) in [4.78, 5) is 0. The van der Waals surface area contributed by atoms with Crippen LogP contribution >= 0.6 is 0 Å². The highest BCUT2D eigenvalue weighted by Crippen LogP contribution is 2.30. The van der Waals surface area contributed by atoms with Crippen molar-refractivity contribution in [3.8, 4) is 0 Å². The van der Waals surface area contributed by atoms with Gasteiger partial charge in [0.15, 0.2) is 0 Å². The maximum absolute atomic E-state index is 3.67. The molecule has 1 rings (SSSR count). The fourth-order valence-corrected chi connectivity index (χ4v) is 3.15. The topological polar surface area (TPSA) is 12.0 Å². The molecule has 0 aromatic heterocycles. The van der Waals surface area contributed by atoms with Gasteiger partial charge in [-0.25, -0.2) is 0 Å². The quantitative estimate of drug-likeness (QED) is 0.745. The third kappa shape index (κ3) is 4.55. The van der Waals surface area contributed by atoms with E-state index in [0.29, 0.717) is 5.41 Å². The van der Waals surface area contributed by atoms with Crippen LogP contribution in [0.1, 0.15) is 60.3 Å².